The van der Waals surface area contributed by atoms with Gasteiger partial charge in [0.15, 0.2) is 12.6 Å². The number of carbonyl (C=O) groups excluding carboxylic acids is 2. The fraction of sp³-hybridized carbons (Fsp3) is 0.914. The van der Waals surface area contributed by atoms with Gasteiger partial charge in [0.25, 0.3) is 0 Å². The number of aliphatic hydroxyl groups is 4. The van der Waals surface area contributed by atoms with Crippen molar-refractivity contribution in [2.45, 2.75) is 569 Å². The number of rotatable bonds is 108. The van der Waals surface area contributed by atoms with Crippen molar-refractivity contribution < 1.29 is 66.7 Å². The van der Waals surface area contributed by atoms with Crippen LogP contribution in [0.3, 0.4) is 0 Å². The first-order valence-electron chi connectivity index (χ1n) is 57.9. The third-order valence-corrected chi connectivity index (χ3v) is 29.6. The zero-order valence-electron chi connectivity index (χ0n) is 91.2. The molecule has 0 saturated carbocycles. The molecule has 2 unspecified atom stereocenters. The molecule has 2 atom stereocenters. The van der Waals surface area contributed by atoms with Gasteiger partial charge in [-0.1, -0.05) is 333 Å². The Kier molecular flexibility index (Phi) is 104. The minimum absolute atomic E-state index is 0.171. The van der Waals surface area contributed by atoms with Gasteiger partial charge in [0.1, 0.15) is 0 Å². The van der Waals surface area contributed by atoms with E-state index in [4.69, 9.17) is 36.7 Å². The van der Waals surface area contributed by atoms with Crippen molar-refractivity contribution in [3.8, 4) is 0 Å². The van der Waals surface area contributed by atoms with Gasteiger partial charge in [-0.15, -0.1) is 0 Å². The molecular weight excluding hydrogens is 1700 g/mol. The summed E-state index contributed by atoms with van der Waals surface area (Å²) in [6.45, 7) is 36.1. The Bertz CT molecular complexity index is 2320. The lowest BCUT2D eigenvalue weighted by Gasteiger charge is -2.33. The molecule has 0 aromatic rings. The van der Waals surface area contributed by atoms with Crippen LogP contribution in [-0.2, 0) is 46.2 Å². The van der Waals surface area contributed by atoms with E-state index < -0.39 is 40.5 Å². The SMILES string of the molecule is CCCCCCCC/C=C\CCCCCCCCOC(=O)C(C)(C)CC(OCCCCCCCC/C=C\CCCCCCCC)O[Si](C)(C)OCCCCCCN(CCCCO)CCCCO.CCCCCCCC/C=C\CCCCCCCCOC(=O)C(C)(C)CC(OCCCCCCCC/C=C\CCCCCCCC)O[Si](C)(C)OCCCCCCN(CCCCO)CCCCO. The average molecular weight is 1930 g/mol. The second-order valence-corrected chi connectivity index (χ2v) is 48.4. The van der Waals surface area contributed by atoms with Crippen LogP contribution in [0.25, 0.3) is 0 Å². The molecule has 0 rings (SSSR count). The number of nitrogens with zero attached hydrogens (tertiary/aromatic N) is 2. The number of allylic oxidation sites excluding steroid dienone is 8. The number of hydrogen-bond donors (Lipinski definition) is 4. The molecule has 0 spiro atoms. The van der Waals surface area contributed by atoms with E-state index in [-0.39, 0.29) is 38.4 Å². The zero-order valence-corrected chi connectivity index (χ0v) is 93.2. The fourth-order valence-corrected chi connectivity index (χ4v) is 20.2. The van der Waals surface area contributed by atoms with Crippen molar-refractivity contribution in [2.24, 2.45) is 10.8 Å². The van der Waals surface area contributed by atoms with Crippen molar-refractivity contribution in [2.75, 3.05) is 105 Å². The molecule has 0 aliphatic rings. The number of ether oxygens (including phenoxy) is 4. The van der Waals surface area contributed by atoms with E-state index in [0.29, 0.717) is 52.5 Å². The van der Waals surface area contributed by atoms with E-state index in [2.05, 4.69) is 112 Å². The Balaban J connectivity index is 0. The lowest BCUT2D eigenvalue weighted by Crippen LogP contribution is -2.43. The summed E-state index contributed by atoms with van der Waals surface area (Å²) in [6.07, 6.45) is 106. The summed E-state index contributed by atoms with van der Waals surface area (Å²) >= 11 is 0. The maximum atomic E-state index is 13.4. The van der Waals surface area contributed by atoms with Crippen LogP contribution in [0.4, 0.5) is 0 Å². The minimum Gasteiger partial charge on any atom is -0.465 e. The van der Waals surface area contributed by atoms with Gasteiger partial charge in [0.2, 0.25) is 0 Å². The Morgan fingerprint density at radius 2 is 0.425 bits per heavy atom. The number of hydrogen-bond acceptors (Lipinski definition) is 16. The highest BCUT2D eigenvalue weighted by molar-refractivity contribution is 6.64. The maximum absolute atomic E-state index is 13.4. The highest BCUT2D eigenvalue weighted by Gasteiger charge is 2.39. The van der Waals surface area contributed by atoms with Crippen LogP contribution in [0.2, 0.25) is 26.2 Å². The van der Waals surface area contributed by atoms with Gasteiger partial charge in [-0.05, 0) is 299 Å². The van der Waals surface area contributed by atoms with E-state index in [0.717, 1.165) is 193 Å². The summed E-state index contributed by atoms with van der Waals surface area (Å²) in [5.41, 5.74) is -1.46. The molecule has 0 fully saturated rings. The standard InChI is InChI=1S/2C58H115NO7Si/c2*1-7-9-11-13-15-17-19-21-23-25-27-29-31-33-36-44-52-63-56(66-67(5,6)65-54-46-38-35-39-47-59(48-40-42-50-60)49-41-43-51-61)55-58(3,4)57(62)64-53-45-37-34-32-30-28-26-24-22-20-18-16-14-12-10-8-2/h2*21-24,56,60-61H,7-20,25-55H2,1-6H3/b2*23-21-,24-22-. The maximum Gasteiger partial charge on any atom is 0.333 e. The Labute approximate surface area is 834 Å². The number of aliphatic hydroxyl groups excluding tert-OH is 4. The quantitative estimate of drug-likeness (QED) is 0.0147. The predicted molar refractivity (Wildman–Crippen MR) is 580 cm³/mol. The first-order chi connectivity index (χ1) is 65.2. The molecule has 0 heterocycles. The lowest BCUT2D eigenvalue weighted by atomic mass is 9.89. The third kappa shape index (κ3) is 98.6. The molecule has 0 bridgehead atoms. The molecule has 0 aliphatic carbocycles. The van der Waals surface area contributed by atoms with Gasteiger partial charge in [-0.2, -0.15) is 0 Å². The number of carbonyl (C=O) groups is 2. The van der Waals surface area contributed by atoms with Crippen LogP contribution < -0.4 is 0 Å². The third-order valence-electron chi connectivity index (χ3n) is 26.2. The summed E-state index contributed by atoms with van der Waals surface area (Å²) in [4.78, 5) is 31.9. The molecule has 0 aromatic heterocycles. The van der Waals surface area contributed by atoms with E-state index in [1.807, 2.05) is 27.7 Å². The molecule has 796 valence electrons. The molecular formula is C116H230N2O14Si2. The minimum atomic E-state index is -2.54. The first kappa shape index (κ1) is 134. The Hall–Kier alpha value is -2.15. The molecule has 134 heavy (non-hydrogen) atoms. The van der Waals surface area contributed by atoms with E-state index in [1.54, 1.807) is 0 Å². The molecule has 0 radical (unpaired) electrons. The van der Waals surface area contributed by atoms with Gasteiger partial charge in [0, 0.05) is 65.7 Å². The summed E-state index contributed by atoms with van der Waals surface area (Å²) in [6, 6.07) is 0. The molecule has 0 aliphatic heterocycles. The number of unbranched alkanes of at least 4 members (excludes halogenated alkanes) is 58. The summed E-state index contributed by atoms with van der Waals surface area (Å²) in [5.74, 6) is -0.342. The Morgan fingerprint density at radius 3 is 0.642 bits per heavy atom. The topological polar surface area (TPSA) is 195 Å². The van der Waals surface area contributed by atoms with Crippen molar-refractivity contribution in [1.29, 1.82) is 0 Å². The van der Waals surface area contributed by atoms with Gasteiger partial charge in [0.05, 0.1) is 24.0 Å². The molecule has 4 N–H and O–H groups in total. The summed E-state index contributed by atoms with van der Waals surface area (Å²) in [7, 11) is -5.08. The molecule has 16 nitrogen and oxygen atoms in total. The summed E-state index contributed by atoms with van der Waals surface area (Å²) < 4.78 is 50.9. The molecule has 0 saturated heterocycles. The van der Waals surface area contributed by atoms with Crippen LogP contribution in [0, 0.1) is 10.8 Å². The average Bonchev–Trinajstić information content (AvgIpc) is 0.852. The second-order valence-electron chi connectivity index (χ2n) is 41.8. The first-order valence-corrected chi connectivity index (χ1v) is 63.6. The fourth-order valence-electron chi connectivity index (χ4n) is 17.2. The highest BCUT2D eigenvalue weighted by Crippen LogP contribution is 2.32. The largest absolute Gasteiger partial charge is 0.465 e. The Morgan fingerprint density at radius 1 is 0.246 bits per heavy atom. The van der Waals surface area contributed by atoms with Crippen LogP contribution in [0.5, 0.6) is 0 Å². The van der Waals surface area contributed by atoms with Gasteiger partial charge in [-0.3, -0.25) is 9.59 Å². The second kappa shape index (κ2) is 104. The van der Waals surface area contributed by atoms with Gasteiger partial charge in [-0.25, -0.2) is 0 Å². The van der Waals surface area contributed by atoms with Crippen molar-refractivity contribution in [1.82, 2.24) is 9.80 Å². The van der Waals surface area contributed by atoms with Crippen molar-refractivity contribution in [3.63, 3.8) is 0 Å². The monoisotopic (exact) mass is 1930 g/mol. The summed E-state index contributed by atoms with van der Waals surface area (Å²) in [5, 5.41) is 36.8. The molecule has 18 heteroatoms. The van der Waals surface area contributed by atoms with Crippen LogP contribution in [0.15, 0.2) is 48.6 Å². The van der Waals surface area contributed by atoms with Crippen LogP contribution >= 0.6 is 0 Å². The molecule has 0 amide bonds. The van der Waals surface area contributed by atoms with Gasteiger partial charge >= 0.3 is 29.1 Å². The van der Waals surface area contributed by atoms with Crippen molar-refractivity contribution in [3.05, 3.63) is 48.6 Å². The predicted octanol–water partition coefficient (Wildman–Crippen LogP) is 33.0. The zero-order chi connectivity index (χ0) is 98.4. The van der Waals surface area contributed by atoms with E-state index >= 15 is 0 Å². The number of esters is 2. The van der Waals surface area contributed by atoms with E-state index in [9.17, 15) is 30.0 Å². The van der Waals surface area contributed by atoms with Crippen molar-refractivity contribution >= 4 is 29.1 Å². The normalized spacial score (nSPS) is 13.0. The molecule has 0 aromatic carbocycles. The highest BCUT2D eigenvalue weighted by atomic mass is 28.4. The van der Waals surface area contributed by atoms with Crippen LogP contribution in [-0.4, -0.2) is 177 Å². The lowest BCUT2D eigenvalue weighted by molar-refractivity contribution is -0.165. The smallest absolute Gasteiger partial charge is 0.333 e. The van der Waals surface area contributed by atoms with Crippen LogP contribution in [0.1, 0.15) is 531 Å². The van der Waals surface area contributed by atoms with E-state index in [1.165, 1.54) is 308 Å². The van der Waals surface area contributed by atoms with Gasteiger partial charge < -0.3 is 66.9 Å².